The Labute approximate surface area is 108 Å². The molecule has 0 aliphatic heterocycles. The molecule has 1 aromatic rings. The highest BCUT2D eigenvalue weighted by Crippen LogP contribution is 2.10. The van der Waals surface area contributed by atoms with Crippen molar-refractivity contribution in [2.75, 3.05) is 13.2 Å². The topological polar surface area (TPSA) is 84.1 Å². The van der Waals surface area contributed by atoms with E-state index in [4.69, 9.17) is 4.74 Å². The molecule has 18 heavy (non-hydrogen) atoms. The molecular formula is C11H21N3O3S. The van der Waals surface area contributed by atoms with Gasteiger partial charge in [-0.25, -0.2) is 13.1 Å². The van der Waals surface area contributed by atoms with Gasteiger partial charge in [0.1, 0.15) is 4.90 Å². The van der Waals surface area contributed by atoms with Crippen LogP contribution in [0.25, 0.3) is 0 Å². The molecule has 1 aromatic heterocycles. The Balaban J connectivity index is 2.29. The lowest BCUT2D eigenvalue weighted by atomic mass is 10.3. The van der Waals surface area contributed by atoms with Gasteiger partial charge in [0, 0.05) is 13.2 Å². The fourth-order valence-corrected chi connectivity index (χ4v) is 2.65. The molecular weight excluding hydrogens is 254 g/mol. The van der Waals surface area contributed by atoms with Crippen LogP contribution in [0.2, 0.25) is 0 Å². The molecule has 0 radical (unpaired) electrons. The van der Waals surface area contributed by atoms with Crippen LogP contribution in [0.5, 0.6) is 0 Å². The third-order valence-electron chi connectivity index (χ3n) is 2.39. The van der Waals surface area contributed by atoms with E-state index in [2.05, 4.69) is 14.9 Å². The third-order valence-corrected chi connectivity index (χ3v) is 3.96. The fourth-order valence-electron chi connectivity index (χ4n) is 1.44. The first-order valence-corrected chi connectivity index (χ1v) is 7.53. The van der Waals surface area contributed by atoms with Crippen molar-refractivity contribution >= 4 is 10.0 Å². The van der Waals surface area contributed by atoms with E-state index in [1.807, 2.05) is 13.8 Å². The molecule has 0 spiro atoms. The minimum atomic E-state index is -3.44. The lowest BCUT2D eigenvalue weighted by Crippen LogP contribution is -2.25. The number of rotatable bonds is 8. The van der Waals surface area contributed by atoms with E-state index in [-0.39, 0.29) is 11.0 Å². The zero-order valence-corrected chi connectivity index (χ0v) is 11.9. The number of H-pyrrole nitrogens is 1. The Bertz CT molecular complexity index is 454. The molecule has 2 N–H and O–H groups in total. The number of ether oxygens (including phenoxy) is 1. The highest BCUT2D eigenvalue weighted by molar-refractivity contribution is 7.89. The van der Waals surface area contributed by atoms with Crippen LogP contribution in [0.3, 0.4) is 0 Å². The molecule has 0 bridgehead atoms. The first kappa shape index (κ1) is 15.1. The van der Waals surface area contributed by atoms with E-state index in [1.54, 1.807) is 6.92 Å². The largest absolute Gasteiger partial charge is 0.379 e. The Kier molecular flexibility index (Phi) is 5.77. The molecule has 0 aliphatic rings. The van der Waals surface area contributed by atoms with E-state index >= 15 is 0 Å². The van der Waals surface area contributed by atoms with Crippen LogP contribution in [0.15, 0.2) is 11.1 Å². The molecule has 1 heterocycles. The van der Waals surface area contributed by atoms with E-state index in [0.717, 1.165) is 12.8 Å². The summed E-state index contributed by atoms with van der Waals surface area (Å²) in [5.41, 5.74) is 0.547. The van der Waals surface area contributed by atoms with Crippen molar-refractivity contribution in [3.8, 4) is 0 Å². The molecule has 0 aromatic carbocycles. The third kappa shape index (κ3) is 4.75. The van der Waals surface area contributed by atoms with Gasteiger partial charge in [-0.2, -0.15) is 5.10 Å². The molecule has 0 atom stereocenters. The standard InChI is InChI=1S/C11H21N3O3S/c1-9(2)17-7-5-4-6-13-18(15,16)11-8-12-14-10(11)3/h8-9,13H,4-7H2,1-3H3,(H,12,14). The minimum Gasteiger partial charge on any atom is -0.379 e. The number of aromatic amines is 1. The second kappa shape index (κ2) is 6.86. The summed E-state index contributed by atoms with van der Waals surface area (Å²) in [6, 6.07) is 0. The van der Waals surface area contributed by atoms with Crippen molar-refractivity contribution in [1.82, 2.24) is 14.9 Å². The number of aromatic nitrogens is 2. The van der Waals surface area contributed by atoms with Crippen LogP contribution in [0.4, 0.5) is 0 Å². The van der Waals surface area contributed by atoms with Crippen LogP contribution in [-0.4, -0.2) is 37.9 Å². The van der Waals surface area contributed by atoms with E-state index < -0.39 is 10.0 Å². The van der Waals surface area contributed by atoms with Gasteiger partial charge in [0.25, 0.3) is 0 Å². The fraction of sp³-hybridized carbons (Fsp3) is 0.727. The average Bonchev–Trinajstić information content (AvgIpc) is 2.70. The van der Waals surface area contributed by atoms with Crippen molar-refractivity contribution < 1.29 is 13.2 Å². The van der Waals surface area contributed by atoms with Crippen LogP contribution in [0.1, 0.15) is 32.4 Å². The van der Waals surface area contributed by atoms with Gasteiger partial charge in [-0.05, 0) is 33.6 Å². The Morgan fingerprint density at radius 3 is 2.72 bits per heavy atom. The molecule has 0 fully saturated rings. The van der Waals surface area contributed by atoms with E-state index in [1.165, 1.54) is 6.20 Å². The lowest BCUT2D eigenvalue weighted by molar-refractivity contribution is 0.0762. The normalized spacial score (nSPS) is 12.2. The molecule has 6 nitrogen and oxygen atoms in total. The van der Waals surface area contributed by atoms with Gasteiger partial charge in [-0.15, -0.1) is 0 Å². The summed E-state index contributed by atoms with van der Waals surface area (Å²) in [5, 5.41) is 6.31. The van der Waals surface area contributed by atoms with Crippen molar-refractivity contribution in [1.29, 1.82) is 0 Å². The second-order valence-electron chi connectivity index (χ2n) is 4.38. The zero-order chi connectivity index (χ0) is 13.6. The molecule has 1 rings (SSSR count). The van der Waals surface area contributed by atoms with Gasteiger partial charge in [0.2, 0.25) is 10.0 Å². The molecule has 0 saturated heterocycles. The molecule has 104 valence electrons. The number of unbranched alkanes of at least 4 members (excludes halogenated alkanes) is 1. The van der Waals surface area contributed by atoms with Crippen molar-refractivity contribution in [2.24, 2.45) is 0 Å². The summed E-state index contributed by atoms with van der Waals surface area (Å²) in [6.07, 6.45) is 3.13. The summed E-state index contributed by atoms with van der Waals surface area (Å²) in [7, 11) is -3.44. The molecule has 0 saturated carbocycles. The molecule has 0 aliphatic carbocycles. The summed E-state index contributed by atoms with van der Waals surface area (Å²) >= 11 is 0. The zero-order valence-electron chi connectivity index (χ0n) is 11.1. The number of sulfonamides is 1. The molecule has 0 amide bonds. The van der Waals surface area contributed by atoms with Crippen molar-refractivity contribution in [3.63, 3.8) is 0 Å². The minimum absolute atomic E-state index is 0.209. The van der Waals surface area contributed by atoms with Crippen LogP contribution < -0.4 is 4.72 Å². The molecule has 0 unspecified atom stereocenters. The van der Waals surface area contributed by atoms with Gasteiger partial charge < -0.3 is 4.74 Å². The van der Waals surface area contributed by atoms with Gasteiger partial charge in [-0.3, -0.25) is 5.10 Å². The summed E-state index contributed by atoms with van der Waals surface area (Å²) in [4.78, 5) is 0.209. The predicted molar refractivity (Wildman–Crippen MR) is 68.8 cm³/mol. The average molecular weight is 275 g/mol. The van der Waals surface area contributed by atoms with Crippen molar-refractivity contribution in [2.45, 2.75) is 44.6 Å². The summed E-state index contributed by atoms with van der Waals surface area (Å²) in [6.45, 7) is 6.70. The Hall–Kier alpha value is -0.920. The van der Waals surface area contributed by atoms with Crippen LogP contribution in [0, 0.1) is 6.92 Å². The lowest BCUT2D eigenvalue weighted by Gasteiger charge is -2.08. The predicted octanol–water partition coefficient (Wildman–Crippen LogP) is 1.20. The number of nitrogens with one attached hydrogen (secondary N) is 2. The Morgan fingerprint density at radius 2 is 2.17 bits per heavy atom. The monoisotopic (exact) mass is 275 g/mol. The second-order valence-corrected chi connectivity index (χ2v) is 6.12. The Morgan fingerprint density at radius 1 is 1.44 bits per heavy atom. The van der Waals surface area contributed by atoms with E-state index in [0.29, 0.717) is 18.8 Å². The number of hydrogen-bond acceptors (Lipinski definition) is 4. The molecule has 7 heteroatoms. The smallest absolute Gasteiger partial charge is 0.243 e. The quantitative estimate of drug-likeness (QED) is 0.698. The SMILES string of the molecule is Cc1[nH]ncc1S(=O)(=O)NCCCCOC(C)C. The van der Waals surface area contributed by atoms with Gasteiger partial charge in [0.15, 0.2) is 0 Å². The van der Waals surface area contributed by atoms with Gasteiger partial charge in [-0.1, -0.05) is 0 Å². The van der Waals surface area contributed by atoms with Gasteiger partial charge >= 0.3 is 0 Å². The number of nitrogens with zero attached hydrogens (tertiary/aromatic N) is 1. The van der Waals surface area contributed by atoms with Crippen molar-refractivity contribution in [3.05, 3.63) is 11.9 Å². The maximum absolute atomic E-state index is 11.9. The van der Waals surface area contributed by atoms with Crippen LogP contribution >= 0.6 is 0 Å². The van der Waals surface area contributed by atoms with Gasteiger partial charge in [0.05, 0.1) is 18.0 Å². The maximum Gasteiger partial charge on any atom is 0.243 e. The van der Waals surface area contributed by atoms with E-state index in [9.17, 15) is 8.42 Å². The van der Waals surface area contributed by atoms with Crippen LogP contribution in [-0.2, 0) is 14.8 Å². The first-order valence-electron chi connectivity index (χ1n) is 6.04. The first-order chi connectivity index (χ1) is 8.43. The summed E-state index contributed by atoms with van der Waals surface area (Å²) in [5.74, 6) is 0. The summed E-state index contributed by atoms with van der Waals surface area (Å²) < 4.78 is 31.6. The number of aryl methyl sites for hydroxylation is 1. The highest BCUT2D eigenvalue weighted by Gasteiger charge is 2.17. The maximum atomic E-state index is 11.9. The number of hydrogen-bond donors (Lipinski definition) is 2. The highest BCUT2D eigenvalue weighted by atomic mass is 32.2.